The topological polar surface area (TPSA) is 92.8 Å². The molecule has 3 rings (SSSR count). The van der Waals surface area contributed by atoms with Crippen molar-refractivity contribution in [2.75, 3.05) is 25.0 Å². The van der Waals surface area contributed by atoms with Crippen LogP contribution in [0, 0.1) is 0 Å². The standard InChI is InChI=1S/C22H26N2O5S/c1-3-24(4-2)30(27,28)20-10-6-9-18(14-20)22(26)29-15-21(25)23-19-12-11-16-7-5-8-17(16)13-19/h6,9-14H,3-5,7-8,15H2,1-2H3,(H,23,25). The van der Waals surface area contributed by atoms with E-state index in [-0.39, 0.29) is 10.5 Å². The number of aryl methyl sites for hydroxylation is 2. The first kappa shape index (κ1) is 22.0. The van der Waals surface area contributed by atoms with E-state index in [0.717, 1.165) is 19.3 Å². The van der Waals surface area contributed by atoms with Crippen molar-refractivity contribution in [2.45, 2.75) is 38.0 Å². The van der Waals surface area contributed by atoms with Gasteiger partial charge < -0.3 is 10.1 Å². The zero-order valence-electron chi connectivity index (χ0n) is 17.2. The first-order valence-corrected chi connectivity index (χ1v) is 11.5. The third-order valence-electron chi connectivity index (χ3n) is 5.13. The predicted octanol–water partition coefficient (Wildman–Crippen LogP) is 3.00. The minimum atomic E-state index is -3.69. The Labute approximate surface area is 177 Å². The largest absolute Gasteiger partial charge is 0.452 e. The van der Waals surface area contributed by atoms with E-state index in [2.05, 4.69) is 5.32 Å². The fourth-order valence-corrected chi connectivity index (χ4v) is 5.06. The molecule has 2 aromatic rings. The average Bonchev–Trinajstić information content (AvgIpc) is 3.20. The number of esters is 1. The normalized spacial score (nSPS) is 13.2. The van der Waals surface area contributed by atoms with Gasteiger partial charge in [0.05, 0.1) is 10.5 Å². The highest BCUT2D eigenvalue weighted by molar-refractivity contribution is 7.89. The van der Waals surface area contributed by atoms with Crippen molar-refractivity contribution < 1.29 is 22.7 Å². The van der Waals surface area contributed by atoms with E-state index in [1.54, 1.807) is 13.8 Å². The number of hydrogen-bond acceptors (Lipinski definition) is 5. The van der Waals surface area contributed by atoms with Crippen LogP contribution < -0.4 is 5.32 Å². The summed E-state index contributed by atoms with van der Waals surface area (Å²) in [5.41, 5.74) is 3.28. The van der Waals surface area contributed by atoms with Gasteiger partial charge in [0.15, 0.2) is 6.61 Å². The lowest BCUT2D eigenvalue weighted by atomic mass is 10.1. The molecule has 0 bridgehead atoms. The van der Waals surface area contributed by atoms with Crippen molar-refractivity contribution in [1.82, 2.24) is 4.31 Å². The lowest BCUT2D eigenvalue weighted by Crippen LogP contribution is -2.30. The maximum atomic E-state index is 12.6. The number of anilines is 1. The van der Waals surface area contributed by atoms with E-state index in [4.69, 9.17) is 4.74 Å². The van der Waals surface area contributed by atoms with Crippen LogP contribution in [0.5, 0.6) is 0 Å². The molecule has 0 aliphatic heterocycles. The Morgan fingerprint density at radius 3 is 2.50 bits per heavy atom. The quantitative estimate of drug-likeness (QED) is 0.650. The number of nitrogens with zero attached hydrogens (tertiary/aromatic N) is 1. The van der Waals surface area contributed by atoms with Crippen molar-refractivity contribution in [2.24, 2.45) is 0 Å². The zero-order valence-corrected chi connectivity index (χ0v) is 18.0. The van der Waals surface area contributed by atoms with Crippen LogP contribution >= 0.6 is 0 Å². The second-order valence-electron chi connectivity index (χ2n) is 7.08. The third kappa shape index (κ3) is 4.88. The van der Waals surface area contributed by atoms with Crippen LogP contribution in [0.4, 0.5) is 5.69 Å². The van der Waals surface area contributed by atoms with Gasteiger partial charge in [0.1, 0.15) is 0 Å². The van der Waals surface area contributed by atoms with Crippen molar-refractivity contribution in [3.63, 3.8) is 0 Å². The van der Waals surface area contributed by atoms with Gasteiger partial charge >= 0.3 is 5.97 Å². The number of fused-ring (bicyclic) bond motifs is 1. The van der Waals surface area contributed by atoms with Gasteiger partial charge in [-0.05, 0) is 60.7 Å². The Balaban J connectivity index is 1.61. The SMILES string of the molecule is CCN(CC)S(=O)(=O)c1cccc(C(=O)OCC(=O)Nc2ccc3c(c2)CCC3)c1. The predicted molar refractivity (Wildman–Crippen MR) is 114 cm³/mol. The molecule has 0 fully saturated rings. The fraction of sp³-hybridized carbons (Fsp3) is 0.364. The van der Waals surface area contributed by atoms with Gasteiger partial charge in [-0.1, -0.05) is 26.0 Å². The number of benzene rings is 2. The molecule has 160 valence electrons. The van der Waals surface area contributed by atoms with Crippen molar-refractivity contribution in [3.8, 4) is 0 Å². The van der Waals surface area contributed by atoms with Gasteiger partial charge in [0.25, 0.3) is 5.91 Å². The summed E-state index contributed by atoms with van der Waals surface area (Å²) in [6.07, 6.45) is 3.18. The number of sulfonamides is 1. The zero-order chi connectivity index (χ0) is 21.7. The number of ether oxygens (including phenoxy) is 1. The Morgan fingerprint density at radius 2 is 1.77 bits per heavy atom. The first-order chi connectivity index (χ1) is 14.3. The molecule has 30 heavy (non-hydrogen) atoms. The van der Waals surface area contributed by atoms with E-state index >= 15 is 0 Å². The van der Waals surface area contributed by atoms with Gasteiger partial charge in [-0.25, -0.2) is 13.2 Å². The molecule has 1 aliphatic carbocycles. The monoisotopic (exact) mass is 430 g/mol. The minimum absolute atomic E-state index is 0.0169. The number of carbonyl (C=O) groups excluding carboxylic acids is 2. The van der Waals surface area contributed by atoms with E-state index in [1.165, 1.54) is 39.7 Å². The molecular weight excluding hydrogens is 404 g/mol. The Morgan fingerprint density at radius 1 is 1.03 bits per heavy atom. The summed E-state index contributed by atoms with van der Waals surface area (Å²) in [5, 5.41) is 2.73. The molecule has 1 amide bonds. The summed E-state index contributed by atoms with van der Waals surface area (Å²) >= 11 is 0. The van der Waals surface area contributed by atoms with Gasteiger partial charge in [-0.3, -0.25) is 4.79 Å². The second-order valence-corrected chi connectivity index (χ2v) is 9.02. The summed E-state index contributed by atoms with van der Waals surface area (Å²) in [6, 6.07) is 11.4. The highest BCUT2D eigenvalue weighted by Gasteiger charge is 2.23. The molecule has 8 heteroatoms. The highest BCUT2D eigenvalue weighted by Crippen LogP contribution is 2.25. The number of carbonyl (C=O) groups is 2. The molecule has 0 heterocycles. The van der Waals surface area contributed by atoms with Gasteiger partial charge in [-0.15, -0.1) is 0 Å². The molecule has 0 radical (unpaired) electrons. The second kappa shape index (κ2) is 9.40. The summed E-state index contributed by atoms with van der Waals surface area (Å²) in [6.45, 7) is 3.70. The third-order valence-corrected chi connectivity index (χ3v) is 7.18. The average molecular weight is 431 g/mol. The van der Waals surface area contributed by atoms with Crippen LogP contribution in [0.25, 0.3) is 0 Å². The van der Waals surface area contributed by atoms with Crippen LogP contribution in [-0.4, -0.2) is 44.3 Å². The van der Waals surface area contributed by atoms with Crippen LogP contribution in [0.15, 0.2) is 47.4 Å². The molecule has 0 saturated heterocycles. The summed E-state index contributed by atoms with van der Waals surface area (Å²) in [5.74, 6) is -1.20. The van der Waals surface area contributed by atoms with Crippen LogP contribution in [0.2, 0.25) is 0 Å². The van der Waals surface area contributed by atoms with Crippen LogP contribution in [0.1, 0.15) is 41.8 Å². The molecule has 7 nitrogen and oxygen atoms in total. The summed E-state index contributed by atoms with van der Waals surface area (Å²) in [7, 11) is -3.69. The van der Waals surface area contributed by atoms with Crippen molar-refractivity contribution >= 4 is 27.6 Å². The fourth-order valence-electron chi connectivity index (χ4n) is 3.56. The molecule has 0 spiro atoms. The molecule has 0 atom stereocenters. The maximum Gasteiger partial charge on any atom is 0.338 e. The highest BCUT2D eigenvalue weighted by atomic mass is 32.2. The molecule has 0 saturated carbocycles. The number of hydrogen-bond donors (Lipinski definition) is 1. The lowest BCUT2D eigenvalue weighted by Gasteiger charge is -2.18. The van der Waals surface area contributed by atoms with E-state index in [1.807, 2.05) is 18.2 Å². The van der Waals surface area contributed by atoms with E-state index in [0.29, 0.717) is 18.8 Å². The van der Waals surface area contributed by atoms with Crippen LogP contribution in [0.3, 0.4) is 0 Å². The Hall–Kier alpha value is -2.71. The van der Waals surface area contributed by atoms with Crippen molar-refractivity contribution in [3.05, 3.63) is 59.2 Å². The smallest absolute Gasteiger partial charge is 0.338 e. The maximum absolute atomic E-state index is 12.6. The first-order valence-electron chi connectivity index (χ1n) is 10.0. The molecule has 0 aromatic heterocycles. The Kier molecular flexibility index (Phi) is 6.89. The Bertz CT molecular complexity index is 1050. The number of rotatable bonds is 8. The van der Waals surface area contributed by atoms with Gasteiger partial charge in [0.2, 0.25) is 10.0 Å². The summed E-state index contributed by atoms with van der Waals surface area (Å²) in [4.78, 5) is 24.5. The lowest BCUT2D eigenvalue weighted by molar-refractivity contribution is -0.119. The van der Waals surface area contributed by atoms with Crippen LogP contribution in [-0.2, 0) is 32.4 Å². The number of nitrogens with one attached hydrogen (secondary N) is 1. The molecular formula is C22H26N2O5S. The molecule has 1 N–H and O–H groups in total. The molecule has 1 aliphatic rings. The van der Waals surface area contributed by atoms with Crippen molar-refractivity contribution in [1.29, 1.82) is 0 Å². The summed E-state index contributed by atoms with van der Waals surface area (Å²) < 4.78 is 31.6. The van der Waals surface area contributed by atoms with E-state index < -0.39 is 28.5 Å². The number of amides is 1. The molecule has 0 unspecified atom stereocenters. The van der Waals surface area contributed by atoms with E-state index in [9.17, 15) is 18.0 Å². The van der Waals surface area contributed by atoms with Gasteiger partial charge in [0, 0.05) is 18.8 Å². The minimum Gasteiger partial charge on any atom is -0.452 e. The van der Waals surface area contributed by atoms with Gasteiger partial charge in [-0.2, -0.15) is 4.31 Å². The molecule has 2 aromatic carbocycles.